The number of nitrogens with one attached hydrogen (secondary N) is 1. The molecule has 1 heterocycles. The van der Waals surface area contributed by atoms with Gasteiger partial charge in [-0.25, -0.2) is 0 Å². The van der Waals surface area contributed by atoms with E-state index in [-0.39, 0.29) is 0 Å². The summed E-state index contributed by atoms with van der Waals surface area (Å²) in [5.74, 6) is 0. The van der Waals surface area contributed by atoms with Crippen LogP contribution >= 0.6 is 11.3 Å². The first-order chi connectivity index (χ1) is 18.8. The van der Waals surface area contributed by atoms with Crippen molar-refractivity contribution in [1.82, 2.24) is 0 Å². The molecule has 7 aromatic rings. The highest BCUT2D eigenvalue weighted by atomic mass is 32.1. The normalized spacial score (nSPS) is 11.2. The van der Waals surface area contributed by atoms with E-state index in [0.717, 1.165) is 11.4 Å². The highest BCUT2D eigenvalue weighted by Gasteiger charge is 2.11. The summed E-state index contributed by atoms with van der Waals surface area (Å²) in [6.07, 6.45) is 0. The summed E-state index contributed by atoms with van der Waals surface area (Å²) in [5, 5.41) is 6.34. The number of hydrogen-bond acceptors (Lipinski definition) is 2. The molecular weight excluding hydrogens is 478 g/mol. The van der Waals surface area contributed by atoms with E-state index >= 15 is 0 Å². The maximum Gasteiger partial charge on any atom is 0.0464 e. The van der Waals surface area contributed by atoms with E-state index in [9.17, 15) is 0 Å². The van der Waals surface area contributed by atoms with Crippen LogP contribution in [0.3, 0.4) is 0 Å². The molecule has 0 saturated carbocycles. The first-order valence-electron chi connectivity index (χ1n) is 12.9. The monoisotopic (exact) mass is 503 g/mol. The van der Waals surface area contributed by atoms with Crippen molar-refractivity contribution in [2.75, 3.05) is 5.32 Å². The van der Waals surface area contributed by atoms with Crippen molar-refractivity contribution in [2.24, 2.45) is 0 Å². The molecule has 0 radical (unpaired) electrons. The van der Waals surface area contributed by atoms with Gasteiger partial charge in [0.2, 0.25) is 0 Å². The van der Waals surface area contributed by atoms with Crippen LogP contribution in [0.1, 0.15) is 0 Å². The average molecular weight is 504 g/mol. The molecule has 0 spiro atoms. The van der Waals surface area contributed by atoms with Crippen LogP contribution in [0.2, 0.25) is 0 Å². The van der Waals surface area contributed by atoms with E-state index < -0.39 is 0 Å². The first kappa shape index (κ1) is 22.5. The zero-order valence-corrected chi connectivity index (χ0v) is 21.6. The van der Waals surface area contributed by atoms with Crippen molar-refractivity contribution >= 4 is 42.9 Å². The standard InChI is InChI=1S/C36H25NS/c1-2-10-26(11-3-1)29-12-4-5-13-30(29)31-14-6-8-16-34(31)37-28-21-18-25(19-22-28)27-20-23-36-33(24-27)32-15-7-9-17-35(32)38-36/h1-24,37H. The Morgan fingerprint density at radius 1 is 0.395 bits per heavy atom. The molecule has 7 rings (SSSR count). The van der Waals surface area contributed by atoms with Crippen LogP contribution in [0.4, 0.5) is 11.4 Å². The smallest absolute Gasteiger partial charge is 0.0464 e. The molecule has 0 aliphatic carbocycles. The van der Waals surface area contributed by atoms with Crippen LogP contribution < -0.4 is 5.32 Å². The second-order valence-corrected chi connectivity index (χ2v) is 10.6. The van der Waals surface area contributed by atoms with Crippen molar-refractivity contribution in [3.8, 4) is 33.4 Å². The summed E-state index contributed by atoms with van der Waals surface area (Å²) in [4.78, 5) is 0. The number of benzene rings is 6. The second-order valence-electron chi connectivity index (χ2n) is 9.47. The fourth-order valence-electron chi connectivity index (χ4n) is 5.22. The Labute approximate surface area is 226 Å². The lowest BCUT2D eigenvalue weighted by Gasteiger charge is -2.16. The van der Waals surface area contributed by atoms with E-state index in [0.29, 0.717) is 0 Å². The Balaban J connectivity index is 1.21. The highest BCUT2D eigenvalue weighted by Crippen LogP contribution is 2.38. The SMILES string of the molecule is c1ccc(-c2ccccc2-c2ccccc2Nc2ccc(-c3ccc4sc5ccccc5c4c3)cc2)cc1. The summed E-state index contributed by atoms with van der Waals surface area (Å²) < 4.78 is 2.67. The highest BCUT2D eigenvalue weighted by molar-refractivity contribution is 7.25. The van der Waals surface area contributed by atoms with Crippen LogP contribution in [-0.4, -0.2) is 0 Å². The molecule has 0 aliphatic rings. The first-order valence-corrected chi connectivity index (χ1v) is 13.7. The van der Waals surface area contributed by atoms with Crippen molar-refractivity contribution in [2.45, 2.75) is 0 Å². The van der Waals surface area contributed by atoms with Gasteiger partial charge in [-0.3, -0.25) is 0 Å². The molecule has 1 N–H and O–H groups in total. The average Bonchev–Trinajstić information content (AvgIpc) is 3.36. The molecule has 6 aromatic carbocycles. The van der Waals surface area contributed by atoms with Crippen LogP contribution in [0.15, 0.2) is 146 Å². The molecule has 0 fully saturated rings. The number of rotatable bonds is 5. The van der Waals surface area contributed by atoms with Gasteiger partial charge >= 0.3 is 0 Å². The third-order valence-corrected chi connectivity index (χ3v) is 8.25. The zero-order chi connectivity index (χ0) is 25.3. The van der Waals surface area contributed by atoms with Gasteiger partial charge in [0.1, 0.15) is 0 Å². The molecule has 2 heteroatoms. The lowest BCUT2D eigenvalue weighted by molar-refractivity contribution is 1.52. The Bertz CT molecular complexity index is 1880. The predicted molar refractivity (Wildman–Crippen MR) is 165 cm³/mol. The number of para-hydroxylation sites is 1. The fourth-order valence-corrected chi connectivity index (χ4v) is 6.31. The van der Waals surface area contributed by atoms with Gasteiger partial charge in [-0.05, 0) is 64.2 Å². The minimum atomic E-state index is 1.07. The van der Waals surface area contributed by atoms with Gasteiger partial charge in [0, 0.05) is 37.1 Å². The molecule has 0 amide bonds. The molecule has 0 unspecified atom stereocenters. The molecule has 0 saturated heterocycles. The van der Waals surface area contributed by atoms with E-state index in [4.69, 9.17) is 0 Å². The summed E-state index contributed by atoms with van der Waals surface area (Å²) >= 11 is 1.86. The number of fused-ring (bicyclic) bond motifs is 3. The molecule has 38 heavy (non-hydrogen) atoms. The Kier molecular flexibility index (Phi) is 5.73. The second kappa shape index (κ2) is 9.66. The Morgan fingerprint density at radius 2 is 1.03 bits per heavy atom. The minimum Gasteiger partial charge on any atom is -0.355 e. The lowest BCUT2D eigenvalue weighted by Crippen LogP contribution is -1.94. The molecule has 1 aromatic heterocycles. The molecule has 180 valence electrons. The summed E-state index contributed by atoms with van der Waals surface area (Å²) in [6, 6.07) is 52.0. The number of hydrogen-bond donors (Lipinski definition) is 1. The summed E-state index contributed by atoms with van der Waals surface area (Å²) in [6.45, 7) is 0. The van der Waals surface area contributed by atoms with Crippen molar-refractivity contribution in [1.29, 1.82) is 0 Å². The summed E-state index contributed by atoms with van der Waals surface area (Å²) in [5.41, 5.74) is 9.47. The van der Waals surface area contributed by atoms with E-state index in [2.05, 4.69) is 151 Å². The van der Waals surface area contributed by atoms with Crippen molar-refractivity contribution in [3.05, 3.63) is 146 Å². The maximum absolute atomic E-state index is 3.68. The van der Waals surface area contributed by atoms with Crippen molar-refractivity contribution in [3.63, 3.8) is 0 Å². The number of anilines is 2. The molecule has 0 aliphatic heterocycles. The van der Waals surface area contributed by atoms with E-state index in [1.807, 2.05) is 11.3 Å². The van der Waals surface area contributed by atoms with Gasteiger partial charge in [0.25, 0.3) is 0 Å². The largest absolute Gasteiger partial charge is 0.355 e. The van der Waals surface area contributed by atoms with Gasteiger partial charge < -0.3 is 5.32 Å². The van der Waals surface area contributed by atoms with E-state index in [1.54, 1.807) is 0 Å². The predicted octanol–water partition coefficient (Wildman–Crippen LogP) is 10.8. The van der Waals surface area contributed by atoms with Crippen LogP contribution in [-0.2, 0) is 0 Å². The van der Waals surface area contributed by atoms with E-state index in [1.165, 1.54) is 53.6 Å². The molecule has 0 bridgehead atoms. The number of thiophene rings is 1. The topological polar surface area (TPSA) is 12.0 Å². The molecular formula is C36H25NS. The van der Waals surface area contributed by atoms with Crippen LogP contribution in [0, 0.1) is 0 Å². The van der Waals surface area contributed by atoms with Gasteiger partial charge in [-0.2, -0.15) is 0 Å². The fraction of sp³-hybridized carbons (Fsp3) is 0. The van der Waals surface area contributed by atoms with Gasteiger partial charge in [-0.1, -0.05) is 109 Å². The molecule has 1 nitrogen and oxygen atoms in total. The summed E-state index contributed by atoms with van der Waals surface area (Å²) in [7, 11) is 0. The minimum absolute atomic E-state index is 1.07. The van der Waals surface area contributed by atoms with Gasteiger partial charge in [0.05, 0.1) is 0 Å². The third-order valence-electron chi connectivity index (χ3n) is 7.10. The van der Waals surface area contributed by atoms with Crippen molar-refractivity contribution < 1.29 is 0 Å². The quantitative estimate of drug-likeness (QED) is 0.246. The Hall–Kier alpha value is -4.66. The maximum atomic E-state index is 3.68. The van der Waals surface area contributed by atoms with Crippen LogP contribution in [0.25, 0.3) is 53.6 Å². The van der Waals surface area contributed by atoms with Gasteiger partial charge in [0.15, 0.2) is 0 Å². The molecule has 0 atom stereocenters. The van der Waals surface area contributed by atoms with Gasteiger partial charge in [-0.15, -0.1) is 11.3 Å². The zero-order valence-electron chi connectivity index (χ0n) is 20.8. The third kappa shape index (κ3) is 4.15. The van der Waals surface area contributed by atoms with Crippen LogP contribution in [0.5, 0.6) is 0 Å². The lowest BCUT2D eigenvalue weighted by atomic mass is 9.93. The Morgan fingerprint density at radius 3 is 1.87 bits per heavy atom.